The van der Waals surface area contributed by atoms with E-state index in [1.54, 1.807) is 49.5 Å². The van der Waals surface area contributed by atoms with Crippen LogP contribution < -0.4 is 16.4 Å². The predicted octanol–water partition coefficient (Wildman–Crippen LogP) is 4.97. The van der Waals surface area contributed by atoms with Crippen molar-refractivity contribution in [1.29, 1.82) is 0 Å². The number of nitrogens with two attached hydrogens (primary N) is 1. The van der Waals surface area contributed by atoms with Crippen LogP contribution in [0.1, 0.15) is 44.6 Å². The lowest BCUT2D eigenvalue weighted by Crippen LogP contribution is -2.30. The lowest BCUT2D eigenvalue weighted by Gasteiger charge is -2.13. The molecule has 0 saturated heterocycles. The van der Waals surface area contributed by atoms with E-state index in [2.05, 4.69) is 25.8 Å². The van der Waals surface area contributed by atoms with Crippen molar-refractivity contribution in [2.75, 3.05) is 10.6 Å². The summed E-state index contributed by atoms with van der Waals surface area (Å²) in [5.74, 6) is -2.25. The molecule has 11 nitrogen and oxygen atoms in total. The second-order valence-electron chi connectivity index (χ2n) is 9.98. The first kappa shape index (κ1) is 29.8. The van der Waals surface area contributed by atoms with E-state index in [9.17, 15) is 27.6 Å². The van der Waals surface area contributed by atoms with Crippen LogP contribution in [-0.4, -0.2) is 43.6 Å². The minimum absolute atomic E-state index is 0.0797. The van der Waals surface area contributed by atoms with Crippen LogP contribution in [0.3, 0.4) is 0 Å². The fraction of sp³-hybridized carbons (Fsp3) is 0.167. The van der Waals surface area contributed by atoms with Gasteiger partial charge in [-0.25, -0.2) is 9.78 Å². The highest BCUT2D eigenvalue weighted by Crippen LogP contribution is 2.32. The molecule has 0 aliphatic carbocycles. The highest BCUT2D eigenvalue weighted by molar-refractivity contribution is 6.05. The number of alkyl halides is 3. The molecule has 14 heteroatoms. The molecule has 0 bridgehead atoms. The third-order valence-electron chi connectivity index (χ3n) is 6.64. The van der Waals surface area contributed by atoms with Crippen molar-refractivity contribution in [3.05, 3.63) is 101 Å². The molecule has 226 valence electrons. The van der Waals surface area contributed by atoms with Crippen LogP contribution in [0.5, 0.6) is 0 Å². The summed E-state index contributed by atoms with van der Waals surface area (Å²) in [5.41, 5.74) is 7.19. The van der Waals surface area contributed by atoms with Gasteiger partial charge in [-0.05, 0) is 67.9 Å². The van der Waals surface area contributed by atoms with Crippen molar-refractivity contribution in [1.82, 2.24) is 19.7 Å². The van der Waals surface area contributed by atoms with E-state index >= 15 is 0 Å². The average Bonchev–Trinajstić information content (AvgIpc) is 3.61. The predicted molar refractivity (Wildman–Crippen MR) is 155 cm³/mol. The van der Waals surface area contributed by atoms with E-state index in [4.69, 9.17) is 10.5 Å². The van der Waals surface area contributed by atoms with Crippen LogP contribution in [0.15, 0.2) is 73.2 Å². The molecule has 44 heavy (non-hydrogen) atoms. The lowest BCUT2D eigenvalue weighted by atomic mass is 10.1. The maximum Gasteiger partial charge on any atom is 0.416 e. The number of aromatic amines is 1. The Morgan fingerprint density at radius 2 is 1.86 bits per heavy atom. The van der Waals surface area contributed by atoms with Crippen LogP contribution in [-0.2, 0) is 22.3 Å². The second-order valence-corrected chi connectivity index (χ2v) is 9.98. The smallest absolute Gasteiger partial charge is 0.416 e. The number of esters is 1. The van der Waals surface area contributed by atoms with Gasteiger partial charge in [0.1, 0.15) is 0 Å². The molecule has 0 radical (unpaired) electrons. The summed E-state index contributed by atoms with van der Waals surface area (Å²) >= 11 is 0. The fourth-order valence-electron chi connectivity index (χ4n) is 4.34. The number of hydrogen-bond donors (Lipinski definition) is 4. The molecule has 5 N–H and O–H groups in total. The Morgan fingerprint density at radius 3 is 2.57 bits per heavy atom. The van der Waals surface area contributed by atoms with Gasteiger partial charge in [-0.3, -0.25) is 14.7 Å². The molecule has 0 unspecified atom stereocenters. The van der Waals surface area contributed by atoms with E-state index in [-0.39, 0.29) is 16.9 Å². The molecule has 0 saturated carbocycles. The number of aryl methyl sites for hydroxylation is 1. The molecule has 0 spiro atoms. The van der Waals surface area contributed by atoms with Crippen LogP contribution in [0, 0.1) is 6.92 Å². The number of nitrogens with zero attached hydrogens (tertiary/aromatic N) is 3. The Kier molecular flexibility index (Phi) is 8.07. The molecular weight excluding hydrogens is 579 g/mol. The molecule has 2 heterocycles. The van der Waals surface area contributed by atoms with Crippen molar-refractivity contribution in [2.45, 2.75) is 32.7 Å². The number of carbonyl (C=O) groups is 3. The maximum atomic E-state index is 13.6. The van der Waals surface area contributed by atoms with Crippen molar-refractivity contribution in [2.24, 2.45) is 5.73 Å². The van der Waals surface area contributed by atoms with E-state index in [0.717, 1.165) is 17.7 Å². The van der Waals surface area contributed by atoms with Gasteiger partial charge < -0.3 is 25.7 Å². The number of primary amides is 1. The van der Waals surface area contributed by atoms with Crippen molar-refractivity contribution >= 4 is 40.1 Å². The summed E-state index contributed by atoms with van der Waals surface area (Å²) in [6, 6.07) is 15.1. The Morgan fingerprint density at radius 1 is 1.07 bits per heavy atom. The van der Waals surface area contributed by atoms with E-state index in [0.29, 0.717) is 34.5 Å². The molecule has 2 amide bonds. The number of rotatable bonds is 9. The number of amides is 2. The molecular formula is C30H26F3N7O4. The van der Waals surface area contributed by atoms with Crippen LogP contribution in [0.25, 0.3) is 16.6 Å². The Labute approximate surface area is 248 Å². The quantitative estimate of drug-likeness (QED) is 0.173. The molecule has 0 aliphatic rings. The van der Waals surface area contributed by atoms with Gasteiger partial charge in [-0.1, -0.05) is 12.1 Å². The minimum atomic E-state index is -4.65. The Bertz CT molecular complexity index is 1880. The van der Waals surface area contributed by atoms with Gasteiger partial charge in [-0.2, -0.15) is 18.3 Å². The number of fused-ring (bicyclic) bond motifs is 1. The van der Waals surface area contributed by atoms with Crippen LogP contribution >= 0.6 is 0 Å². The van der Waals surface area contributed by atoms with Crippen LogP contribution in [0.2, 0.25) is 0 Å². The first-order valence-corrected chi connectivity index (χ1v) is 13.2. The number of ether oxygens (including phenoxy) is 1. The molecule has 1 atom stereocenters. The third kappa shape index (κ3) is 6.69. The number of aromatic nitrogens is 4. The first-order chi connectivity index (χ1) is 20.9. The molecule has 3 aromatic carbocycles. The highest BCUT2D eigenvalue weighted by atomic mass is 19.4. The topological polar surface area (TPSA) is 157 Å². The van der Waals surface area contributed by atoms with Gasteiger partial charge >= 0.3 is 12.1 Å². The molecule has 2 aromatic heterocycles. The zero-order valence-corrected chi connectivity index (χ0v) is 23.4. The average molecular weight is 606 g/mol. The van der Waals surface area contributed by atoms with Gasteiger partial charge in [0.15, 0.2) is 11.8 Å². The van der Waals surface area contributed by atoms with Gasteiger partial charge in [0.2, 0.25) is 0 Å². The monoisotopic (exact) mass is 605 g/mol. The standard InChI is InChI=1S/C30H26F3N7O4/c1-16-14-40(15-36-16)23-10-19(9-20(11-23)30(31,32)33)28(42)37-22-5-3-4-18(8-22)13-35-21-6-7-24-25(12-21)38-39-26(24)29(43)44-17(2)27(34)41/h3-12,14-15,17,35H,13H2,1-2H3,(H2,34,41)(H,37,42)(H,38,39)/t17-/m0/s1. The normalized spacial score (nSPS) is 12.1. The zero-order chi connectivity index (χ0) is 31.6. The molecule has 0 fully saturated rings. The fourth-order valence-corrected chi connectivity index (χ4v) is 4.34. The third-order valence-corrected chi connectivity index (χ3v) is 6.64. The van der Waals surface area contributed by atoms with E-state index < -0.39 is 35.6 Å². The number of H-pyrrole nitrogens is 1. The summed E-state index contributed by atoms with van der Waals surface area (Å²) < 4.78 is 47.3. The number of hydrogen-bond acceptors (Lipinski definition) is 7. The molecule has 5 rings (SSSR count). The number of benzene rings is 3. The first-order valence-electron chi connectivity index (χ1n) is 13.2. The number of carbonyl (C=O) groups excluding carboxylic acids is 3. The Hall–Kier alpha value is -5.66. The highest BCUT2D eigenvalue weighted by Gasteiger charge is 2.32. The van der Waals surface area contributed by atoms with Gasteiger partial charge in [0.25, 0.3) is 11.8 Å². The maximum absolute atomic E-state index is 13.6. The minimum Gasteiger partial charge on any atom is -0.448 e. The van der Waals surface area contributed by atoms with Gasteiger partial charge in [0.05, 0.1) is 23.1 Å². The summed E-state index contributed by atoms with van der Waals surface area (Å²) in [6.07, 6.45) is -2.81. The van der Waals surface area contributed by atoms with E-state index in [1.807, 2.05) is 6.07 Å². The largest absolute Gasteiger partial charge is 0.448 e. The summed E-state index contributed by atoms with van der Waals surface area (Å²) in [7, 11) is 0. The summed E-state index contributed by atoms with van der Waals surface area (Å²) in [4.78, 5) is 40.7. The van der Waals surface area contributed by atoms with Gasteiger partial charge in [0, 0.05) is 40.8 Å². The second kappa shape index (κ2) is 11.9. The molecule has 5 aromatic rings. The number of anilines is 2. The lowest BCUT2D eigenvalue weighted by molar-refractivity contribution is -0.137. The summed E-state index contributed by atoms with van der Waals surface area (Å²) in [5, 5.41) is 13.1. The van der Waals surface area contributed by atoms with Gasteiger partial charge in [-0.15, -0.1) is 0 Å². The number of halogens is 3. The number of nitrogens with one attached hydrogen (secondary N) is 3. The van der Waals surface area contributed by atoms with E-state index in [1.165, 1.54) is 23.9 Å². The SMILES string of the molecule is Cc1cn(-c2cc(C(=O)Nc3cccc(CNc4ccc5c(C(=O)O[C@@H](C)C(N)=O)[nH]nc5c4)c3)cc(C(F)(F)F)c2)cn1. The molecule has 0 aliphatic heterocycles. The number of imidazole rings is 1. The Balaban J connectivity index is 1.28. The van der Waals surface area contributed by atoms with Crippen LogP contribution in [0.4, 0.5) is 24.5 Å². The summed E-state index contributed by atoms with van der Waals surface area (Å²) in [6.45, 7) is 3.41. The van der Waals surface area contributed by atoms with Crippen molar-refractivity contribution in [3.63, 3.8) is 0 Å². The zero-order valence-electron chi connectivity index (χ0n) is 23.4. The van der Waals surface area contributed by atoms with Crippen molar-refractivity contribution < 1.29 is 32.3 Å². The van der Waals surface area contributed by atoms with Crippen molar-refractivity contribution in [3.8, 4) is 5.69 Å².